The van der Waals surface area contributed by atoms with E-state index in [4.69, 9.17) is 10.5 Å². The zero-order valence-corrected chi connectivity index (χ0v) is 12.2. The first-order valence-electron chi connectivity index (χ1n) is 7.30. The largest absolute Gasteiger partial charge is 0.462 e. The Morgan fingerprint density at radius 2 is 2.10 bits per heavy atom. The molecule has 1 heterocycles. The van der Waals surface area contributed by atoms with E-state index in [1.165, 1.54) is 6.20 Å². The van der Waals surface area contributed by atoms with Crippen LogP contribution in [0.4, 0.5) is 5.82 Å². The molecule has 0 bridgehead atoms. The van der Waals surface area contributed by atoms with Crippen LogP contribution in [0.1, 0.15) is 43.0 Å². The average molecular weight is 291 g/mol. The second-order valence-corrected chi connectivity index (χ2v) is 5.16. The Balaban J connectivity index is 2.15. The molecule has 1 fully saturated rings. The van der Waals surface area contributed by atoms with Crippen LogP contribution in [0.15, 0.2) is 18.3 Å². The van der Waals surface area contributed by atoms with Crippen molar-refractivity contribution in [3.63, 3.8) is 0 Å². The van der Waals surface area contributed by atoms with Gasteiger partial charge in [-0.15, -0.1) is 0 Å². The third kappa shape index (κ3) is 3.93. The van der Waals surface area contributed by atoms with E-state index in [9.17, 15) is 9.59 Å². The maximum Gasteiger partial charge on any atom is 0.339 e. The number of aromatic nitrogens is 1. The lowest BCUT2D eigenvalue weighted by Crippen LogP contribution is -2.40. The molecule has 0 spiro atoms. The van der Waals surface area contributed by atoms with Gasteiger partial charge in [-0.1, -0.05) is 12.8 Å². The molecule has 2 N–H and O–H groups in total. The van der Waals surface area contributed by atoms with Crippen LogP contribution in [0, 0.1) is 0 Å². The summed E-state index contributed by atoms with van der Waals surface area (Å²) >= 11 is 0. The van der Waals surface area contributed by atoms with Crippen molar-refractivity contribution in [3.05, 3.63) is 23.9 Å². The summed E-state index contributed by atoms with van der Waals surface area (Å²) in [5.41, 5.74) is 5.74. The number of anilines is 1. The monoisotopic (exact) mass is 291 g/mol. The smallest absolute Gasteiger partial charge is 0.339 e. The molecule has 1 aromatic rings. The molecule has 6 heteroatoms. The highest BCUT2D eigenvalue weighted by Gasteiger charge is 2.25. The lowest BCUT2D eigenvalue weighted by Gasteiger charge is -2.28. The Hall–Kier alpha value is -2.11. The van der Waals surface area contributed by atoms with Crippen LogP contribution >= 0.6 is 0 Å². The van der Waals surface area contributed by atoms with Crippen molar-refractivity contribution >= 4 is 17.7 Å². The summed E-state index contributed by atoms with van der Waals surface area (Å²) in [6.45, 7) is 2.24. The van der Waals surface area contributed by atoms with Crippen molar-refractivity contribution in [2.75, 3.05) is 18.1 Å². The van der Waals surface area contributed by atoms with Gasteiger partial charge >= 0.3 is 5.97 Å². The van der Waals surface area contributed by atoms with E-state index in [0.29, 0.717) is 24.0 Å². The summed E-state index contributed by atoms with van der Waals surface area (Å²) in [5, 5.41) is 0. The molecule has 1 aliphatic rings. The number of carbonyl (C=O) groups is 2. The summed E-state index contributed by atoms with van der Waals surface area (Å²) in [6, 6.07) is 3.70. The molecule has 1 aliphatic carbocycles. The predicted molar refractivity (Wildman–Crippen MR) is 79.0 cm³/mol. The minimum atomic E-state index is -0.390. The summed E-state index contributed by atoms with van der Waals surface area (Å²) in [5.74, 6) is -0.0919. The van der Waals surface area contributed by atoms with E-state index in [1.807, 2.05) is 4.90 Å². The third-order valence-electron chi connectivity index (χ3n) is 3.64. The second kappa shape index (κ2) is 7.06. The van der Waals surface area contributed by atoms with Gasteiger partial charge in [-0.2, -0.15) is 0 Å². The Kier molecular flexibility index (Phi) is 5.14. The van der Waals surface area contributed by atoms with Crippen molar-refractivity contribution < 1.29 is 14.3 Å². The molecule has 0 aliphatic heterocycles. The van der Waals surface area contributed by atoms with Gasteiger partial charge in [0.25, 0.3) is 0 Å². The number of hydrogen-bond acceptors (Lipinski definition) is 5. The van der Waals surface area contributed by atoms with Crippen LogP contribution in [-0.4, -0.2) is 36.1 Å². The Morgan fingerprint density at radius 3 is 2.62 bits per heavy atom. The van der Waals surface area contributed by atoms with Crippen LogP contribution in [0.25, 0.3) is 0 Å². The number of pyridine rings is 1. The number of ether oxygens (including phenoxy) is 1. The molecular weight excluding hydrogens is 270 g/mol. The fourth-order valence-corrected chi connectivity index (χ4v) is 2.67. The summed E-state index contributed by atoms with van der Waals surface area (Å²) in [4.78, 5) is 29.1. The van der Waals surface area contributed by atoms with Gasteiger partial charge in [0, 0.05) is 12.2 Å². The first-order valence-corrected chi connectivity index (χ1v) is 7.30. The molecule has 1 aromatic heterocycles. The summed E-state index contributed by atoms with van der Waals surface area (Å²) in [7, 11) is 0. The van der Waals surface area contributed by atoms with Crippen LogP contribution < -0.4 is 10.6 Å². The molecule has 0 aromatic carbocycles. The fourth-order valence-electron chi connectivity index (χ4n) is 2.67. The van der Waals surface area contributed by atoms with Gasteiger partial charge in [-0.3, -0.25) is 4.79 Å². The molecule has 1 saturated carbocycles. The molecule has 1 amide bonds. The Morgan fingerprint density at radius 1 is 1.38 bits per heavy atom. The second-order valence-electron chi connectivity index (χ2n) is 5.16. The van der Waals surface area contributed by atoms with E-state index in [0.717, 1.165) is 25.7 Å². The minimum absolute atomic E-state index is 0.149. The van der Waals surface area contributed by atoms with Gasteiger partial charge in [0.15, 0.2) is 0 Å². The minimum Gasteiger partial charge on any atom is -0.462 e. The van der Waals surface area contributed by atoms with Crippen LogP contribution in [-0.2, 0) is 9.53 Å². The average Bonchev–Trinajstić information content (AvgIpc) is 2.99. The van der Waals surface area contributed by atoms with Gasteiger partial charge in [0.2, 0.25) is 5.91 Å². The van der Waals surface area contributed by atoms with Crippen molar-refractivity contribution in [3.8, 4) is 0 Å². The molecule has 0 radical (unpaired) electrons. The number of carbonyl (C=O) groups excluding carboxylic acids is 2. The Labute approximate surface area is 124 Å². The summed E-state index contributed by atoms with van der Waals surface area (Å²) < 4.78 is 4.93. The number of hydrogen-bond donors (Lipinski definition) is 1. The van der Waals surface area contributed by atoms with Crippen molar-refractivity contribution in [2.24, 2.45) is 5.73 Å². The quantitative estimate of drug-likeness (QED) is 0.803. The normalized spacial score (nSPS) is 14.9. The zero-order valence-electron chi connectivity index (χ0n) is 12.2. The molecule has 0 unspecified atom stereocenters. The van der Waals surface area contributed by atoms with Gasteiger partial charge in [-0.25, -0.2) is 9.78 Å². The summed E-state index contributed by atoms with van der Waals surface area (Å²) in [6.07, 6.45) is 5.86. The van der Waals surface area contributed by atoms with Gasteiger partial charge in [-0.05, 0) is 31.9 Å². The lowest BCUT2D eigenvalue weighted by atomic mass is 10.2. The third-order valence-corrected chi connectivity index (χ3v) is 3.64. The lowest BCUT2D eigenvalue weighted by molar-refractivity contribution is -0.116. The van der Waals surface area contributed by atoms with E-state index in [1.54, 1.807) is 19.1 Å². The van der Waals surface area contributed by atoms with E-state index in [2.05, 4.69) is 4.98 Å². The highest BCUT2D eigenvalue weighted by Crippen LogP contribution is 2.27. The number of nitrogens with two attached hydrogens (primary N) is 1. The van der Waals surface area contributed by atoms with Crippen LogP contribution in [0.5, 0.6) is 0 Å². The van der Waals surface area contributed by atoms with Crippen molar-refractivity contribution in [1.29, 1.82) is 0 Å². The number of rotatable bonds is 6. The van der Waals surface area contributed by atoms with Crippen molar-refractivity contribution in [2.45, 2.75) is 38.6 Å². The van der Waals surface area contributed by atoms with Crippen LogP contribution in [0.2, 0.25) is 0 Å². The number of esters is 1. The van der Waals surface area contributed by atoms with Gasteiger partial charge < -0.3 is 15.4 Å². The fraction of sp³-hybridized carbons (Fsp3) is 0.533. The number of amides is 1. The zero-order chi connectivity index (χ0) is 15.2. The SMILES string of the molecule is CCOC(=O)c1ccc(N(CC(N)=O)C2CCCC2)nc1. The Bertz CT molecular complexity index is 495. The van der Waals surface area contributed by atoms with Gasteiger partial charge in [0.1, 0.15) is 5.82 Å². The van der Waals surface area contributed by atoms with Crippen LogP contribution in [0.3, 0.4) is 0 Å². The first-order chi connectivity index (χ1) is 10.1. The van der Waals surface area contributed by atoms with E-state index >= 15 is 0 Å². The molecule has 114 valence electrons. The standard InChI is InChI=1S/C15H21N3O3/c1-2-21-15(20)11-7-8-14(17-9-11)18(10-13(16)19)12-5-3-4-6-12/h7-9,12H,2-6,10H2,1H3,(H2,16,19). The molecule has 0 atom stereocenters. The van der Waals surface area contributed by atoms with Crippen molar-refractivity contribution in [1.82, 2.24) is 4.98 Å². The van der Waals surface area contributed by atoms with E-state index in [-0.39, 0.29) is 18.4 Å². The number of primary amides is 1. The van der Waals surface area contributed by atoms with Gasteiger partial charge in [0.05, 0.1) is 18.7 Å². The predicted octanol–water partition coefficient (Wildman–Crippen LogP) is 1.49. The molecule has 2 rings (SSSR count). The molecule has 21 heavy (non-hydrogen) atoms. The maximum atomic E-state index is 11.6. The molecule has 6 nitrogen and oxygen atoms in total. The topological polar surface area (TPSA) is 85.5 Å². The maximum absolute atomic E-state index is 11.6. The highest BCUT2D eigenvalue weighted by atomic mass is 16.5. The molecular formula is C15H21N3O3. The number of nitrogens with zero attached hydrogens (tertiary/aromatic N) is 2. The molecule has 0 saturated heterocycles. The highest BCUT2D eigenvalue weighted by molar-refractivity contribution is 5.89. The first kappa shape index (κ1) is 15.3. The van der Waals surface area contributed by atoms with E-state index < -0.39 is 0 Å².